The third kappa shape index (κ3) is 6.23. The number of ether oxygens (including phenoxy) is 1. The summed E-state index contributed by atoms with van der Waals surface area (Å²) in [6.45, 7) is 1.98. The smallest absolute Gasteiger partial charge is 0.404 e. The highest BCUT2D eigenvalue weighted by molar-refractivity contribution is 6.02. The van der Waals surface area contributed by atoms with Crippen LogP contribution in [0, 0.1) is 5.92 Å². The fourth-order valence-electron chi connectivity index (χ4n) is 1.22. The number of nitrogens with zero attached hydrogens (tertiary/aromatic N) is 1. The Balaban J connectivity index is 4.11. The molecule has 0 saturated heterocycles. The van der Waals surface area contributed by atoms with Crippen LogP contribution in [0.15, 0.2) is 5.16 Å². The van der Waals surface area contributed by atoms with Crippen molar-refractivity contribution in [1.82, 2.24) is 5.32 Å². The summed E-state index contributed by atoms with van der Waals surface area (Å²) in [6.07, 6.45) is 0.283. The average Bonchev–Trinajstić information content (AvgIpc) is 2.30. The van der Waals surface area contributed by atoms with Crippen molar-refractivity contribution in [3.8, 4) is 0 Å². The van der Waals surface area contributed by atoms with Crippen LogP contribution in [0.3, 0.4) is 0 Å². The van der Waals surface area contributed by atoms with E-state index in [0.717, 1.165) is 0 Å². The fourth-order valence-corrected chi connectivity index (χ4v) is 1.22. The number of carbonyl (C=O) groups is 2. The summed E-state index contributed by atoms with van der Waals surface area (Å²) in [5, 5.41) is 13.8. The van der Waals surface area contributed by atoms with E-state index in [4.69, 9.17) is 16.7 Å². The van der Waals surface area contributed by atoms with Crippen molar-refractivity contribution >= 4 is 17.8 Å². The fraction of sp³-hybridized carbons (Fsp3) is 0.667. The Hall–Kier alpha value is -1.99. The summed E-state index contributed by atoms with van der Waals surface area (Å²) in [5.41, 5.74) is 10.1. The SMILES string of the molecule is CCCC(C(=O)NCCOC(N)=O)C(N)=NO. The van der Waals surface area contributed by atoms with Gasteiger partial charge in [-0.25, -0.2) is 4.79 Å². The van der Waals surface area contributed by atoms with Crippen molar-refractivity contribution < 1.29 is 19.5 Å². The predicted molar refractivity (Wildman–Crippen MR) is 60.4 cm³/mol. The van der Waals surface area contributed by atoms with E-state index in [9.17, 15) is 9.59 Å². The Morgan fingerprint density at radius 3 is 2.59 bits per heavy atom. The second-order valence-corrected chi connectivity index (χ2v) is 3.32. The van der Waals surface area contributed by atoms with Gasteiger partial charge in [0.1, 0.15) is 6.61 Å². The standard InChI is InChI=1S/C9H18N4O4/c1-2-3-6(7(10)13-16)8(14)12-4-5-17-9(11)15/h6,16H,2-5H2,1H3,(H2,10,13)(H2,11,15)(H,12,14). The molecule has 0 aliphatic rings. The monoisotopic (exact) mass is 246 g/mol. The molecule has 2 amide bonds. The number of oxime groups is 1. The lowest BCUT2D eigenvalue weighted by Crippen LogP contribution is -2.40. The van der Waals surface area contributed by atoms with Crippen LogP contribution < -0.4 is 16.8 Å². The first-order chi connectivity index (χ1) is 8.02. The number of nitrogens with one attached hydrogen (secondary N) is 1. The molecule has 8 heteroatoms. The number of nitrogens with two attached hydrogens (primary N) is 2. The van der Waals surface area contributed by atoms with Gasteiger partial charge < -0.3 is 26.7 Å². The van der Waals surface area contributed by atoms with Crippen LogP contribution in [-0.2, 0) is 9.53 Å². The van der Waals surface area contributed by atoms with Gasteiger partial charge in [-0.2, -0.15) is 0 Å². The van der Waals surface area contributed by atoms with E-state index in [1.54, 1.807) is 0 Å². The summed E-state index contributed by atoms with van der Waals surface area (Å²) in [7, 11) is 0. The largest absolute Gasteiger partial charge is 0.448 e. The molecule has 1 atom stereocenters. The van der Waals surface area contributed by atoms with Crippen LogP contribution in [0.5, 0.6) is 0 Å². The molecule has 0 fully saturated rings. The molecule has 0 spiro atoms. The van der Waals surface area contributed by atoms with Gasteiger partial charge in [0.05, 0.1) is 12.5 Å². The molecule has 0 heterocycles. The van der Waals surface area contributed by atoms with Crippen molar-refractivity contribution in [3.63, 3.8) is 0 Å². The van der Waals surface area contributed by atoms with E-state index in [2.05, 4.69) is 15.2 Å². The highest BCUT2D eigenvalue weighted by Gasteiger charge is 2.21. The van der Waals surface area contributed by atoms with Gasteiger partial charge in [0, 0.05) is 0 Å². The molecule has 0 aromatic carbocycles. The summed E-state index contributed by atoms with van der Waals surface area (Å²) < 4.78 is 4.43. The molecule has 17 heavy (non-hydrogen) atoms. The zero-order chi connectivity index (χ0) is 13.3. The third-order valence-electron chi connectivity index (χ3n) is 2.01. The highest BCUT2D eigenvalue weighted by Crippen LogP contribution is 2.06. The lowest BCUT2D eigenvalue weighted by atomic mass is 10.0. The maximum absolute atomic E-state index is 11.6. The number of amides is 2. The topological polar surface area (TPSA) is 140 Å². The maximum Gasteiger partial charge on any atom is 0.404 e. The van der Waals surface area contributed by atoms with Crippen LogP contribution >= 0.6 is 0 Å². The predicted octanol–water partition coefficient (Wildman–Crippen LogP) is -0.639. The van der Waals surface area contributed by atoms with Crippen molar-refractivity contribution in [3.05, 3.63) is 0 Å². The van der Waals surface area contributed by atoms with Crippen molar-refractivity contribution in [1.29, 1.82) is 0 Å². The summed E-state index contributed by atoms with van der Waals surface area (Å²) >= 11 is 0. The molecule has 0 saturated carbocycles. The number of hydrogen-bond acceptors (Lipinski definition) is 5. The molecule has 0 aromatic rings. The van der Waals surface area contributed by atoms with Gasteiger partial charge >= 0.3 is 6.09 Å². The first-order valence-electron chi connectivity index (χ1n) is 5.20. The van der Waals surface area contributed by atoms with E-state index in [-0.39, 0.29) is 24.9 Å². The zero-order valence-electron chi connectivity index (χ0n) is 9.68. The minimum Gasteiger partial charge on any atom is -0.448 e. The average molecular weight is 246 g/mol. The van der Waals surface area contributed by atoms with Gasteiger partial charge in [0.25, 0.3) is 0 Å². The minimum absolute atomic E-state index is 0.0178. The molecule has 1 unspecified atom stereocenters. The summed E-state index contributed by atoms with van der Waals surface area (Å²) in [6, 6.07) is 0. The number of amidine groups is 1. The van der Waals surface area contributed by atoms with Crippen LogP contribution in [-0.4, -0.2) is 36.2 Å². The second kappa shape index (κ2) is 8.20. The Bertz CT molecular complexity index is 293. The Kier molecular flexibility index (Phi) is 7.24. The molecule has 0 radical (unpaired) electrons. The Labute approximate surface area is 99.0 Å². The Morgan fingerprint density at radius 2 is 2.12 bits per heavy atom. The lowest BCUT2D eigenvalue weighted by molar-refractivity contribution is -0.123. The van der Waals surface area contributed by atoms with Crippen LogP contribution in [0.25, 0.3) is 0 Å². The molecular weight excluding hydrogens is 228 g/mol. The van der Waals surface area contributed by atoms with Gasteiger partial charge in [-0.05, 0) is 6.42 Å². The normalized spacial score (nSPS) is 12.9. The van der Waals surface area contributed by atoms with E-state index in [1.165, 1.54) is 0 Å². The molecule has 98 valence electrons. The summed E-state index contributed by atoms with van der Waals surface area (Å²) in [5.74, 6) is -1.20. The number of hydrogen-bond donors (Lipinski definition) is 4. The molecule has 0 rings (SSSR count). The number of carbonyl (C=O) groups excluding carboxylic acids is 2. The molecule has 8 nitrogen and oxygen atoms in total. The number of primary amides is 1. The van der Waals surface area contributed by atoms with Crippen molar-refractivity contribution in [2.24, 2.45) is 22.5 Å². The molecule has 6 N–H and O–H groups in total. The van der Waals surface area contributed by atoms with Gasteiger partial charge in [-0.3, -0.25) is 4.79 Å². The van der Waals surface area contributed by atoms with E-state index in [1.807, 2.05) is 6.92 Å². The molecule has 0 aliphatic carbocycles. The first kappa shape index (κ1) is 15.0. The molecule has 0 aromatic heterocycles. The van der Waals surface area contributed by atoms with E-state index >= 15 is 0 Å². The van der Waals surface area contributed by atoms with E-state index in [0.29, 0.717) is 12.8 Å². The minimum atomic E-state index is -0.902. The van der Waals surface area contributed by atoms with Crippen LogP contribution in [0.4, 0.5) is 4.79 Å². The molecule has 0 bridgehead atoms. The Morgan fingerprint density at radius 1 is 1.47 bits per heavy atom. The summed E-state index contributed by atoms with van der Waals surface area (Å²) in [4.78, 5) is 21.9. The maximum atomic E-state index is 11.6. The quantitative estimate of drug-likeness (QED) is 0.155. The van der Waals surface area contributed by atoms with Gasteiger partial charge in [0.2, 0.25) is 5.91 Å². The van der Waals surface area contributed by atoms with Crippen LogP contribution in [0.1, 0.15) is 19.8 Å². The lowest BCUT2D eigenvalue weighted by Gasteiger charge is -2.14. The van der Waals surface area contributed by atoms with Crippen molar-refractivity contribution in [2.45, 2.75) is 19.8 Å². The third-order valence-corrected chi connectivity index (χ3v) is 2.01. The number of rotatable bonds is 7. The zero-order valence-corrected chi connectivity index (χ0v) is 9.68. The first-order valence-corrected chi connectivity index (χ1v) is 5.20. The molecular formula is C9H18N4O4. The second-order valence-electron chi connectivity index (χ2n) is 3.32. The van der Waals surface area contributed by atoms with Crippen LogP contribution in [0.2, 0.25) is 0 Å². The van der Waals surface area contributed by atoms with Gasteiger partial charge in [0.15, 0.2) is 5.84 Å². The molecule has 0 aliphatic heterocycles. The van der Waals surface area contributed by atoms with Gasteiger partial charge in [-0.1, -0.05) is 18.5 Å². The highest BCUT2D eigenvalue weighted by atomic mass is 16.5. The van der Waals surface area contributed by atoms with Crippen molar-refractivity contribution in [2.75, 3.05) is 13.2 Å². The van der Waals surface area contributed by atoms with E-state index < -0.39 is 12.0 Å². The van der Waals surface area contributed by atoms with Gasteiger partial charge in [-0.15, -0.1) is 0 Å².